The van der Waals surface area contributed by atoms with E-state index in [1.807, 2.05) is 4.57 Å². The van der Waals surface area contributed by atoms with Crippen LogP contribution in [-0.2, 0) is 0 Å². The van der Waals surface area contributed by atoms with Gasteiger partial charge in [-0.05, 0) is 25.0 Å². The second kappa shape index (κ2) is 4.49. The van der Waals surface area contributed by atoms with Crippen LogP contribution < -0.4 is 0 Å². The third-order valence-corrected chi connectivity index (χ3v) is 3.94. The van der Waals surface area contributed by atoms with Gasteiger partial charge in [0.25, 0.3) is 0 Å². The Morgan fingerprint density at radius 1 is 1.24 bits per heavy atom. The largest absolute Gasteiger partial charge is 0.321 e. The van der Waals surface area contributed by atoms with Crippen LogP contribution in [0.5, 0.6) is 0 Å². The van der Waals surface area contributed by atoms with Crippen LogP contribution in [0.2, 0.25) is 5.02 Å². The van der Waals surface area contributed by atoms with Crippen molar-refractivity contribution >= 4 is 22.6 Å². The summed E-state index contributed by atoms with van der Waals surface area (Å²) in [6.45, 7) is 0. The van der Waals surface area contributed by atoms with Crippen molar-refractivity contribution in [2.45, 2.75) is 18.9 Å². The predicted octanol–water partition coefficient (Wildman–Crippen LogP) is 4.36. The minimum absolute atomic E-state index is 0.172. The first-order valence-electron chi connectivity index (χ1n) is 6.62. The molecule has 21 heavy (non-hydrogen) atoms. The minimum Gasteiger partial charge on any atom is -0.321 e. The van der Waals surface area contributed by atoms with Gasteiger partial charge in [-0.1, -0.05) is 11.6 Å². The molecule has 4 rings (SSSR count). The number of benzene rings is 1. The molecule has 1 aromatic carbocycles. The van der Waals surface area contributed by atoms with Gasteiger partial charge < -0.3 is 4.57 Å². The predicted molar refractivity (Wildman–Crippen MR) is 76.2 cm³/mol. The Morgan fingerprint density at radius 3 is 2.76 bits per heavy atom. The van der Waals surface area contributed by atoms with Gasteiger partial charge in [-0.25, -0.2) is 13.8 Å². The summed E-state index contributed by atoms with van der Waals surface area (Å²) in [5.74, 6) is -0.700. The molecule has 1 aliphatic rings. The maximum atomic E-state index is 14.0. The fraction of sp³-hybridized carbons (Fsp3) is 0.200. The number of rotatable bonds is 2. The number of hydrogen-bond donors (Lipinski definition) is 0. The van der Waals surface area contributed by atoms with Crippen molar-refractivity contribution in [1.82, 2.24) is 14.5 Å². The molecule has 0 amide bonds. The van der Waals surface area contributed by atoms with E-state index in [4.69, 9.17) is 11.6 Å². The molecule has 0 atom stereocenters. The van der Waals surface area contributed by atoms with Crippen LogP contribution in [-0.4, -0.2) is 14.5 Å². The Hall–Kier alpha value is -2.01. The SMILES string of the molecule is Fc1cc(F)c2nc(-c3ccncc3Cl)n(C3CC3)c2c1. The zero-order chi connectivity index (χ0) is 14.6. The zero-order valence-electron chi connectivity index (χ0n) is 10.9. The average Bonchev–Trinajstić information content (AvgIpc) is 3.21. The first kappa shape index (κ1) is 12.7. The van der Waals surface area contributed by atoms with E-state index in [0.717, 1.165) is 18.9 Å². The van der Waals surface area contributed by atoms with E-state index in [1.165, 1.54) is 12.3 Å². The summed E-state index contributed by atoms with van der Waals surface area (Å²) in [6.07, 6.45) is 5.07. The van der Waals surface area contributed by atoms with Crippen LogP contribution in [0.1, 0.15) is 18.9 Å². The van der Waals surface area contributed by atoms with Crippen molar-refractivity contribution < 1.29 is 8.78 Å². The third kappa shape index (κ3) is 2.00. The summed E-state index contributed by atoms with van der Waals surface area (Å²) in [5.41, 5.74) is 1.32. The van der Waals surface area contributed by atoms with Gasteiger partial charge in [-0.2, -0.15) is 0 Å². The molecule has 0 spiro atoms. The van der Waals surface area contributed by atoms with E-state index >= 15 is 0 Å². The molecular formula is C15H10ClF2N3. The lowest BCUT2D eigenvalue weighted by molar-refractivity contribution is 0.590. The minimum atomic E-state index is -0.657. The number of pyridine rings is 1. The number of fused-ring (bicyclic) bond motifs is 1. The van der Waals surface area contributed by atoms with Crippen LogP contribution >= 0.6 is 11.6 Å². The van der Waals surface area contributed by atoms with Gasteiger partial charge in [0.1, 0.15) is 17.2 Å². The van der Waals surface area contributed by atoms with Crippen LogP contribution in [0, 0.1) is 11.6 Å². The number of halogens is 3. The highest BCUT2D eigenvalue weighted by atomic mass is 35.5. The first-order chi connectivity index (χ1) is 10.1. The van der Waals surface area contributed by atoms with Gasteiger partial charge in [-0.3, -0.25) is 4.98 Å². The van der Waals surface area contributed by atoms with Crippen molar-refractivity contribution in [2.75, 3.05) is 0 Å². The van der Waals surface area contributed by atoms with Crippen molar-refractivity contribution in [3.05, 3.63) is 47.2 Å². The molecule has 2 heterocycles. The fourth-order valence-electron chi connectivity index (χ4n) is 2.57. The van der Waals surface area contributed by atoms with Crippen LogP contribution in [0.3, 0.4) is 0 Å². The third-order valence-electron chi connectivity index (χ3n) is 3.64. The Morgan fingerprint density at radius 2 is 2.05 bits per heavy atom. The molecule has 0 saturated heterocycles. The smallest absolute Gasteiger partial charge is 0.153 e. The maximum absolute atomic E-state index is 14.0. The van der Waals surface area contributed by atoms with Gasteiger partial charge in [0.2, 0.25) is 0 Å². The second-order valence-electron chi connectivity index (χ2n) is 5.15. The summed E-state index contributed by atoms with van der Waals surface area (Å²) in [7, 11) is 0. The molecule has 0 bridgehead atoms. The summed E-state index contributed by atoms with van der Waals surface area (Å²) in [5, 5.41) is 0.440. The summed E-state index contributed by atoms with van der Waals surface area (Å²) < 4.78 is 29.4. The van der Waals surface area contributed by atoms with E-state index in [0.29, 0.717) is 21.9 Å². The molecule has 1 fully saturated rings. The molecule has 6 heteroatoms. The molecule has 1 aliphatic carbocycles. The molecule has 3 nitrogen and oxygen atoms in total. The van der Waals surface area contributed by atoms with Crippen LogP contribution in [0.15, 0.2) is 30.6 Å². The average molecular weight is 306 g/mol. The Kier molecular flexibility index (Phi) is 2.72. The van der Waals surface area contributed by atoms with Gasteiger partial charge in [-0.15, -0.1) is 0 Å². The number of nitrogens with zero attached hydrogens (tertiary/aromatic N) is 3. The Bertz CT molecular complexity index is 855. The molecule has 1 saturated carbocycles. The molecule has 0 unspecified atom stereocenters. The number of imidazole rings is 1. The van der Waals surface area contributed by atoms with E-state index in [2.05, 4.69) is 9.97 Å². The molecule has 0 radical (unpaired) electrons. The maximum Gasteiger partial charge on any atom is 0.153 e. The summed E-state index contributed by atoms with van der Waals surface area (Å²) in [6, 6.07) is 4.12. The van der Waals surface area contributed by atoms with Crippen LogP contribution in [0.4, 0.5) is 8.78 Å². The number of hydrogen-bond acceptors (Lipinski definition) is 2. The highest BCUT2D eigenvalue weighted by Crippen LogP contribution is 2.42. The van der Waals surface area contributed by atoms with Crippen molar-refractivity contribution in [3.8, 4) is 11.4 Å². The quantitative estimate of drug-likeness (QED) is 0.704. The van der Waals surface area contributed by atoms with E-state index in [1.54, 1.807) is 12.3 Å². The fourth-order valence-corrected chi connectivity index (χ4v) is 2.77. The normalized spacial score (nSPS) is 14.8. The van der Waals surface area contributed by atoms with E-state index < -0.39 is 11.6 Å². The molecular weight excluding hydrogens is 296 g/mol. The molecule has 2 aromatic heterocycles. The topological polar surface area (TPSA) is 30.7 Å². The Labute approximate surface area is 124 Å². The van der Waals surface area contributed by atoms with Crippen LogP contribution in [0.25, 0.3) is 22.4 Å². The van der Waals surface area contributed by atoms with Crippen molar-refractivity contribution in [1.29, 1.82) is 0 Å². The van der Waals surface area contributed by atoms with Crippen molar-refractivity contribution in [2.24, 2.45) is 0 Å². The lowest BCUT2D eigenvalue weighted by atomic mass is 10.2. The van der Waals surface area contributed by atoms with Gasteiger partial charge in [0.15, 0.2) is 5.82 Å². The number of aromatic nitrogens is 3. The highest BCUT2D eigenvalue weighted by Gasteiger charge is 2.30. The molecule has 0 aliphatic heterocycles. The highest BCUT2D eigenvalue weighted by molar-refractivity contribution is 6.33. The summed E-state index contributed by atoms with van der Waals surface area (Å²) in [4.78, 5) is 8.30. The molecule has 0 N–H and O–H groups in total. The first-order valence-corrected chi connectivity index (χ1v) is 7.00. The van der Waals surface area contributed by atoms with Gasteiger partial charge in [0, 0.05) is 30.1 Å². The van der Waals surface area contributed by atoms with Crippen molar-refractivity contribution in [3.63, 3.8) is 0 Å². The van der Waals surface area contributed by atoms with E-state index in [-0.39, 0.29) is 11.6 Å². The summed E-state index contributed by atoms with van der Waals surface area (Å²) >= 11 is 6.17. The monoisotopic (exact) mass is 305 g/mol. The standard InChI is InChI=1S/C15H10ClF2N3/c16-11-7-19-4-3-10(11)15-20-14-12(18)5-8(17)6-13(14)21(15)9-1-2-9/h3-7,9H,1-2H2. The van der Waals surface area contributed by atoms with Gasteiger partial charge >= 0.3 is 0 Å². The lowest BCUT2D eigenvalue weighted by Crippen LogP contribution is -1.98. The zero-order valence-corrected chi connectivity index (χ0v) is 11.6. The van der Waals surface area contributed by atoms with E-state index in [9.17, 15) is 8.78 Å². The van der Waals surface area contributed by atoms with Gasteiger partial charge in [0.05, 0.1) is 10.5 Å². The lowest BCUT2D eigenvalue weighted by Gasteiger charge is -2.08. The molecule has 3 aromatic rings. The second-order valence-corrected chi connectivity index (χ2v) is 5.55. The Balaban J connectivity index is 2.07. The molecule has 106 valence electrons.